The highest BCUT2D eigenvalue weighted by Crippen LogP contribution is 2.29. The van der Waals surface area contributed by atoms with Gasteiger partial charge in [-0.2, -0.15) is 0 Å². The number of fused-ring (bicyclic) bond motifs is 1. The minimum absolute atomic E-state index is 0.132. The zero-order chi connectivity index (χ0) is 13.4. The molecule has 2 atom stereocenters. The maximum absolute atomic E-state index is 11.7. The van der Waals surface area contributed by atoms with Crippen molar-refractivity contribution in [2.24, 2.45) is 5.92 Å². The number of carbonyl (C=O) groups is 1. The summed E-state index contributed by atoms with van der Waals surface area (Å²) in [6.45, 7) is 2.45. The minimum Gasteiger partial charge on any atom is -0.354 e. The van der Waals surface area contributed by atoms with Crippen molar-refractivity contribution in [2.45, 2.75) is 25.4 Å². The second-order valence-electron chi connectivity index (χ2n) is 5.12. The van der Waals surface area contributed by atoms with Crippen molar-refractivity contribution in [3.63, 3.8) is 0 Å². The van der Waals surface area contributed by atoms with Gasteiger partial charge in [-0.25, -0.2) is 4.98 Å². The van der Waals surface area contributed by atoms with Gasteiger partial charge in [-0.05, 0) is 25.5 Å². The summed E-state index contributed by atoms with van der Waals surface area (Å²) in [5.74, 6) is 0.322. The van der Waals surface area contributed by atoms with E-state index in [4.69, 9.17) is 23.2 Å². The summed E-state index contributed by atoms with van der Waals surface area (Å²) in [4.78, 5) is 18.1. The third-order valence-corrected chi connectivity index (χ3v) is 4.52. The average molecular weight is 300 g/mol. The second kappa shape index (κ2) is 5.27. The maximum Gasteiger partial charge on any atom is 0.224 e. The number of nitrogens with zero attached hydrogens (tertiary/aromatic N) is 2. The van der Waals surface area contributed by atoms with Crippen molar-refractivity contribution in [1.82, 2.24) is 15.2 Å². The lowest BCUT2D eigenvalue weighted by molar-refractivity contribution is -0.124. The van der Waals surface area contributed by atoms with Crippen molar-refractivity contribution >= 4 is 29.1 Å². The van der Waals surface area contributed by atoms with Gasteiger partial charge in [0, 0.05) is 24.7 Å². The van der Waals surface area contributed by atoms with Crippen LogP contribution in [0.1, 0.15) is 18.4 Å². The van der Waals surface area contributed by atoms with Crippen LogP contribution in [0.15, 0.2) is 12.1 Å². The molecule has 1 amide bonds. The molecule has 3 heterocycles. The summed E-state index contributed by atoms with van der Waals surface area (Å²) < 4.78 is 0. The molecule has 0 saturated carbocycles. The number of pyridine rings is 1. The van der Waals surface area contributed by atoms with Crippen LogP contribution in [0.2, 0.25) is 10.3 Å². The highest BCUT2D eigenvalue weighted by Gasteiger charge is 2.40. The quantitative estimate of drug-likeness (QED) is 0.851. The molecule has 102 valence electrons. The lowest BCUT2D eigenvalue weighted by atomic mass is 9.91. The fraction of sp³-hybridized carbons (Fsp3) is 0.538. The van der Waals surface area contributed by atoms with Crippen LogP contribution < -0.4 is 5.32 Å². The summed E-state index contributed by atoms with van der Waals surface area (Å²) in [5, 5.41) is 3.81. The fourth-order valence-electron chi connectivity index (χ4n) is 3.01. The third-order valence-electron chi connectivity index (χ3n) is 3.98. The van der Waals surface area contributed by atoms with E-state index in [0.717, 1.165) is 38.0 Å². The molecule has 19 heavy (non-hydrogen) atoms. The molecule has 0 radical (unpaired) electrons. The smallest absolute Gasteiger partial charge is 0.224 e. The lowest BCUT2D eigenvalue weighted by Gasteiger charge is -2.35. The van der Waals surface area contributed by atoms with Crippen LogP contribution >= 0.6 is 23.2 Å². The zero-order valence-electron chi connectivity index (χ0n) is 10.4. The topological polar surface area (TPSA) is 45.2 Å². The molecule has 6 heteroatoms. The molecular weight excluding hydrogens is 285 g/mol. The molecule has 3 rings (SSSR count). The van der Waals surface area contributed by atoms with Gasteiger partial charge in [-0.1, -0.05) is 29.3 Å². The lowest BCUT2D eigenvalue weighted by Crippen LogP contribution is -2.44. The molecule has 0 spiro atoms. The Morgan fingerprint density at radius 3 is 3.05 bits per heavy atom. The van der Waals surface area contributed by atoms with Crippen molar-refractivity contribution < 1.29 is 4.79 Å². The number of carbonyl (C=O) groups excluding carboxylic acids is 1. The standard InChI is InChI=1S/C13H15Cl2N3O/c14-11-4-3-8(12(15)17-11)7-18-5-1-2-9-10(18)6-16-13(9)19/h3-4,9-10H,1-2,5-7H2,(H,16,19). The van der Waals surface area contributed by atoms with E-state index in [0.29, 0.717) is 10.3 Å². The molecule has 0 aliphatic carbocycles. The van der Waals surface area contributed by atoms with E-state index >= 15 is 0 Å². The molecule has 1 aromatic heterocycles. The molecule has 1 aromatic rings. The molecule has 2 fully saturated rings. The van der Waals surface area contributed by atoms with Gasteiger partial charge in [-0.15, -0.1) is 0 Å². The Labute approximate surface area is 122 Å². The van der Waals surface area contributed by atoms with Gasteiger partial charge in [0.15, 0.2) is 0 Å². The number of hydrogen-bond acceptors (Lipinski definition) is 3. The number of amides is 1. The molecule has 0 aromatic carbocycles. The van der Waals surface area contributed by atoms with Crippen LogP contribution in [0.4, 0.5) is 0 Å². The Balaban J connectivity index is 1.77. The van der Waals surface area contributed by atoms with Crippen LogP contribution in [0.3, 0.4) is 0 Å². The van der Waals surface area contributed by atoms with Crippen LogP contribution in [0.25, 0.3) is 0 Å². The van der Waals surface area contributed by atoms with E-state index < -0.39 is 0 Å². The molecule has 2 aliphatic heterocycles. The number of aromatic nitrogens is 1. The Hall–Kier alpha value is -0.840. The Morgan fingerprint density at radius 1 is 1.42 bits per heavy atom. The summed E-state index contributed by atoms with van der Waals surface area (Å²) in [7, 11) is 0. The average Bonchev–Trinajstić information content (AvgIpc) is 2.76. The molecule has 2 aliphatic rings. The molecule has 0 bridgehead atoms. The van der Waals surface area contributed by atoms with E-state index in [1.165, 1.54) is 0 Å². The van der Waals surface area contributed by atoms with E-state index in [1.807, 2.05) is 6.07 Å². The first-order valence-corrected chi connectivity index (χ1v) is 7.23. The van der Waals surface area contributed by atoms with Gasteiger partial charge in [0.25, 0.3) is 0 Å². The normalized spacial score (nSPS) is 27.2. The van der Waals surface area contributed by atoms with E-state index in [2.05, 4.69) is 15.2 Å². The predicted molar refractivity (Wildman–Crippen MR) is 74.2 cm³/mol. The molecule has 2 saturated heterocycles. The first kappa shape index (κ1) is 13.2. The number of piperidine rings is 1. The number of likely N-dealkylation sites (tertiary alicyclic amines) is 1. The third kappa shape index (κ3) is 2.57. The Morgan fingerprint density at radius 2 is 2.26 bits per heavy atom. The van der Waals surface area contributed by atoms with Crippen LogP contribution in [-0.4, -0.2) is 34.9 Å². The van der Waals surface area contributed by atoms with Gasteiger partial charge in [0.05, 0.1) is 5.92 Å². The number of nitrogens with one attached hydrogen (secondary N) is 1. The summed E-state index contributed by atoms with van der Waals surface area (Å²) >= 11 is 11.9. The minimum atomic E-state index is 0.132. The maximum atomic E-state index is 11.7. The van der Waals surface area contributed by atoms with Crippen LogP contribution in [0, 0.1) is 5.92 Å². The van der Waals surface area contributed by atoms with Gasteiger partial charge in [0.1, 0.15) is 10.3 Å². The van der Waals surface area contributed by atoms with E-state index in [1.54, 1.807) is 6.07 Å². The first-order valence-electron chi connectivity index (χ1n) is 6.48. The fourth-order valence-corrected chi connectivity index (χ4v) is 3.42. The van der Waals surface area contributed by atoms with Crippen molar-refractivity contribution in [1.29, 1.82) is 0 Å². The van der Waals surface area contributed by atoms with Gasteiger partial charge >= 0.3 is 0 Å². The predicted octanol–water partition coefficient (Wildman–Crippen LogP) is 2.10. The molecular formula is C13H15Cl2N3O. The highest BCUT2D eigenvalue weighted by molar-refractivity contribution is 6.32. The SMILES string of the molecule is O=C1NCC2C1CCCN2Cc1ccc(Cl)nc1Cl. The molecule has 4 nitrogen and oxygen atoms in total. The number of hydrogen-bond donors (Lipinski definition) is 1. The monoisotopic (exact) mass is 299 g/mol. The van der Waals surface area contributed by atoms with Gasteiger partial charge in [-0.3, -0.25) is 9.69 Å². The largest absolute Gasteiger partial charge is 0.354 e. The zero-order valence-corrected chi connectivity index (χ0v) is 11.9. The molecule has 2 unspecified atom stereocenters. The second-order valence-corrected chi connectivity index (χ2v) is 5.86. The first-order chi connectivity index (χ1) is 9.15. The van der Waals surface area contributed by atoms with Gasteiger partial charge in [0.2, 0.25) is 5.91 Å². The van der Waals surface area contributed by atoms with E-state index in [9.17, 15) is 4.79 Å². The Kier molecular flexibility index (Phi) is 3.65. The molecule has 1 N–H and O–H groups in total. The van der Waals surface area contributed by atoms with Crippen molar-refractivity contribution in [2.75, 3.05) is 13.1 Å². The number of halogens is 2. The van der Waals surface area contributed by atoms with Crippen molar-refractivity contribution in [3.05, 3.63) is 28.0 Å². The van der Waals surface area contributed by atoms with Gasteiger partial charge < -0.3 is 5.32 Å². The van der Waals surface area contributed by atoms with E-state index in [-0.39, 0.29) is 17.9 Å². The van der Waals surface area contributed by atoms with Crippen molar-refractivity contribution in [3.8, 4) is 0 Å². The number of rotatable bonds is 2. The highest BCUT2D eigenvalue weighted by atomic mass is 35.5. The summed E-state index contributed by atoms with van der Waals surface area (Å²) in [6, 6.07) is 3.95. The van der Waals surface area contributed by atoms with Crippen LogP contribution in [-0.2, 0) is 11.3 Å². The van der Waals surface area contributed by atoms with Crippen LogP contribution in [0.5, 0.6) is 0 Å². The summed E-state index contributed by atoms with van der Waals surface area (Å²) in [6.07, 6.45) is 2.03. The Bertz CT molecular complexity index is 509. The summed E-state index contributed by atoms with van der Waals surface area (Å²) in [5.41, 5.74) is 0.964.